The Morgan fingerprint density at radius 2 is 1.78 bits per heavy atom. The minimum Gasteiger partial charge on any atom is -0.478 e. The van der Waals surface area contributed by atoms with Crippen molar-refractivity contribution in [2.45, 2.75) is 45.4 Å². The van der Waals surface area contributed by atoms with Crippen molar-refractivity contribution in [3.05, 3.63) is 76.1 Å². The lowest BCUT2D eigenvalue weighted by atomic mass is 9.95. The van der Waals surface area contributed by atoms with E-state index in [9.17, 15) is 4.79 Å². The first-order chi connectivity index (χ1) is 15.5. The summed E-state index contributed by atoms with van der Waals surface area (Å²) in [6, 6.07) is 14.4. The molecule has 1 aliphatic heterocycles. The number of anilines is 1. The fraction of sp³-hybridized carbons (Fsp3) is 0.360. The molecule has 3 rings (SSSR count). The standard InChI is InChI=1S/C25H29Cl2N3O2/c1-2-3-4-5-6-10-15-32-23-17-21(24(31)20-14-13-18(26)16-22(20)27)25(28)29-30(23)19-11-8-7-9-12-19/h7-9,11-14,16-17,21H,2-6,10,15H2,1H3,(H2,28,29). The van der Waals surface area contributed by atoms with Gasteiger partial charge in [-0.15, -0.1) is 0 Å². The number of carbonyl (C=O) groups is 1. The number of para-hydroxylation sites is 1. The zero-order chi connectivity index (χ0) is 22.9. The fourth-order valence-electron chi connectivity index (χ4n) is 3.51. The highest BCUT2D eigenvalue weighted by Crippen LogP contribution is 2.29. The van der Waals surface area contributed by atoms with E-state index in [1.807, 2.05) is 30.3 Å². The van der Waals surface area contributed by atoms with Crippen molar-refractivity contribution in [1.82, 2.24) is 0 Å². The number of hydrogen-bond acceptors (Lipinski definition) is 5. The Morgan fingerprint density at radius 1 is 1.06 bits per heavy atom. The second-order valence-electron chi connectivity index (χ2n) is 7.76. The van der Waals surface area contributed by atoms with Gasteiger partial charge >= 0.3 is 0 Å². The van der Waals surface area contributed by atoms with Crippen LogP contribution in [0.4, 0.5) is 5.69 Å². The third-order valence-electron chi connectivity index (χ3n) is 5.28. The van der Waals surface area contributed by atoms with Crippen molar-refractivity contribution < 1.29 is 9.53 Å². The minimum absolute atomic E-state index is 0.178. The van der Waals surface area contributed by atoms with Gasteiger partial charge in [0, 0.05) is 10.6 Å². The number of ketones is 1. The van der Waals surface area contributed by atoms with Gasteiger partial charge in [-0.1, -0.05) is 80.4 Å². The van der Waals surface area contributed by atoms with Crippen LogP contribution in [0.3, 0.4) is 0 Å². The summed E-state index contributed by atoms with van der Waals surface area (Å²) in [6.07, 6.45) is 8.69. The van der Waals surface area contributed by atoms with E-state index in [0.717, 1.165) is 18.5 Å². The third-order valence-corrected chi connectivity index (χ3v) is 5.83. The van der Waals surface area contributed by atoms with Crippen LogP contribution >= 0.6 is 23.2 Å². The highest BCUT2D eigenvalue weighted by Gasteiger charge is 2.31. The van der Waals surface area contributed by atoms with Gasteiger partial charge in [-0.25, -0.2) is 0 Å². The maximum Gasteiger partial charge on any atom is 0.212 e. The Kier molecular flexibility index (Phi) is 9.00. The molecule has 0 saturated heterocycles. The molecule has 2 aromatic carbocycles. The summed E-state index contributed by atoms with van der Waals surface area (Å²) in [5.41, 5.74) is 7.38. The van der Waals surface area contributed by atoms with Crippen LogP contribution in [-0.2, 0) is 4.74 Å². The van der Waals surface area contributed by atoms with Crippen molar-refractivity contribution in [1.29, 1.82) is 0 Å². The van der Waals surface area contributed by atoms with Crippen LogP contribution in [0.2, 0.25) is 10.0 Å². The number of halogens is 2. The molecule has 0 aliphatic carbocycles. The lowest BCUT2D eigenvalue weighted by Gasteiger charge is -2.29. The van der Waals surface area contributed by atoms with E-state index in [1.165, 1.54) is 25.7 Å². The van der Waals surface area contributed by atoms with E-state index >= 15 is 0 Å². The molecule has 0 fully saturated rings. The van der Waals surface area contributed by atoms with Gasteiger partial charge in [0.15, 0.2) is 5.78 Å². The summed E-state index contributed by atoms with van der Waals surface area (Å²) >= 11 is 12.2. The molecule has 2 aromatic rings. The number of unbranched alkanes of at least 4 members (excludes halogenated alkanes) is 5. The molecule has 0 spiro atoms. The lowest BCUT2D eigenvalue weighted by molar-refractivity contribution is 0.0966. The van der Waals surface area contributed by atoms with Crippen molar-refractivity contribution in [2.24, 2.45) is 16.8 Å². The summed E-state index contributed by atoms with van der Waals surface area (Å²) in [5, 5.41) is 6.88. The average Bonchev–Trinajstić information content (AvgIpc) is 2.79. The highest BCUT2D eigenvalue weighted by atomic mass is 35.5. The zero-order valence-electron chi connectivity index (χ0n) is 18.3. The number of ether oxygens (including phenoxy) is 1. The molecule has 0 saturated carbocycles. The van der Waals surface area contributed by atoms with Crippen molar-refractivity contribution >= 4 is 40.5 Å². The maximum atomic E-state index is 13.2. The minimum atomic E-state index is -0.770. The number of hydrazone groups is 1. The van der Waals surface area contributed by atoms with Gasteiger partial charge in [0.25, 0.3) is 0 Å². The summed E-state index contributed by atoms with van der Waals surface area (Å²) in [4.78, 5) is 13.2. The molecular weight excluding hydrogens is 445 g/mol. The molecule has 1 aliphatic rings. The Balaban J connectivity index is 1.78. The highest BCUT2D eigenvalue weighted by molar-refractivity contribution is 6.37. The Morgan fingerprint density at radius 3 is 2.50 bits per heavy atom. The van der Waals surface area contributed by atoms with E-state index in [0.29, 0.717) is 23.1 Å². The zero-order valence-corrected chi connectivity index (χ0v) is 19.8. The van der Waals surface area contributed by atoms with Crippen molar-refractivity contribution in [3.63, 3.8) is 0 Å². The number of nitrogens with two attached hydrogens (primary N) is 1. The molecule has 5 nitrogen and oxygen atoms in total. The molecule has 0 bridgehead atoms. The van der Waals surface area contributed by atoms with E-state index in [2.05, 4.69) is 12.0 Å². The topological polar surface area (TPSA) is 67.9 Å². The molecule has 170 valence electrons. The fourth-order valence-corrected chi connectivity index (χ4v) is 4.02. The number of amidine groups is 1. The van der Waals surface area contributed by atoms with Crippen LogP contribution in [0.5, 0.6) is 0 Å². The predicted octanol–water partition coefficient (Wildman–Crippen LogP) is 6.80. The smallest absolute Gasteiger partial charge is 0.212 e. The second kappa shape index (κ2) is 11.9. The van der Waals surface area contributed by atoms with Gasteiger partial charge < -0.3 is 10.5 Å². The Labute approximate surface area is 199 Å². The second-order valence-corrected chi connectivity index (χ2v) is 8.60. The van der Waals surface area contributed by atoms with E-state index < -0.39 is 5.92 Å². The summed E-state index contributed by atoms with van der Waals surface area (Å²) in [7, 11) is 0. The van der Waals surface area contributed by atoms with Crippen molar-refractivity contribution in [3.8, 4) is 0 Å². The van der Waals surface area contributed by atoms with Gasteiger partial charge in [0.05, 0.1) is 17.3 Å². The van der Waals surface area contributed by atoms with E-state index in [4.69, 9.17) is 33.7 Å². The molecule has 1 unspecified atom stereocenters. The van der Waals surface area contributed by atoms with Gasteiger partial charge in [-0.2, -0.15) is 10.1 Å². The largest absolute Gasteiger partial charge is 0.478 e. The van der Waals surface area contributed by atoms with Crippen LogP contribution in [0.15, 0.2) is 65.6 Å². The molecule has 7 heteroatoms. The van der Waals surface area contributed by atoms with E-state index in [-0.39, 0.29) is 16.6 Å². The summed E-state index contributed by atoms with van der Waals surface area (Å²) in [6.45, 7) is 2.75. The first kappa shape index (κ1) is 24.1. The molecule has 32 heavy (non-hydrogen) atoms. The van der Waals surface area contributed by atoms with Gasteiger partial charge in [-0.05, 0) is 42.8 Å². The van der Waals surface area contributed by atoms with Gasteiger partial charge in [-0.3, -0.25) is 4.79 Å². The van der Waals surface area contributed by atoms with Crippen LogP contribution in [0.25, 0.3) is 0 Å². The summed E-state index contributed by atoms with van der Waals surface area (Å²) < 4.78 is 6.09. The number of carbonyl (C=O) groups excluding carboxylic acids is 1. The van der Waals surface area contributed by atoms with Crippen LogP contribution in [0.1, 0.15) is 55.8 Å². The molecule has 1 heterocycles. The lowest BCUT2D eigenvalue weighted by Crippen LogP contribution is -2.38. The molecule has 0 radical (unpaired) electrons. The molecular formula is C25H29Cl2N3O2. The molecule has 2 N–H and O–H groups in total. The third kappa shape index (κ3) is 6.27. The quantitative estimate of drug-likeness (QED) is 0.287. The van der Waals surface area contributed by atoms with Crippen molar-refractivity contribution in [2.75, 3.05) is 11.6 Å². The molecule has 0 aromatic heterocycles. The van der Waals surface area contributed by atoms with Gasteiger partial charge in [0.1, 0.15) is 11.8 Å². The summed E-state index contributed by atoms with van der Waals surface area (Å²) in [5.74, 6) is -0.353. The van der Waals surface area contributed by atoms with Gasteiger partial charge in [0.2, 0.25) is 5.88 Å². The number of rotatable bonds is 11. The average molecular weight is 474 g/mol. The molecule has 0 amide bonds. The number of benzene rings is 2. The normalized spacial score (nSPS) is 15.8. The van der Waals surface area contributed by atoms with E-state index in [1.54, 1.807) is 29.3 Å². The van der Waals surface area contributed by atoms with Crippen LogP contribution in [0, 0.1) is 5.92 Å². The SMILES string of the molecule is CCCCCCCCOC1=CC(C(=O)c2ccc(Cl)cc2Cl)C(N)=NN1c1ccccc1. The predicted molar refractivity (Wildman–Crippen MR) is 132 cm³/mol. The molecule has 1 atom stereocenters. The first-order valence-corrected chi connectivity index (χ1v) is 11.8. The number of hydrogen-bond donors (Lipinski definition) is 1. The Hall–Kier alpha value is -2.50. The first-order valence-electron chi connectivity index (χ1n) is 11.0. The number of nitrogens with zero attached hydrogens (tertiary/aromatic N) is 2. The monoisotopic (exact) mass is 473 g/mol. The van der Waals surface area contributed by atoms with Crippen LogP contribution < -0.4 is 10.7 Å². The maximum absolute atomic E-state index is 13.2. The Bertz CT molecular complexity index is 976. The van der Waals surface area contributed by atoms with Crippen LogP contribution in [-0.4, -0.2) is 18.2 Å². The number of Topliss-reactive ketones (excluding diaryl/α,β-unsaturated/α-hetero) is 1.